The number of amides is 2. The number of nitrogens with one attached hydrogen (secondary N) is 1. The summed E-state index contributed by atoms with van der Waals surface area (Å²) in [5.74, 6) is 1.28. The number of benzene rings is 2. The molecule has 0 aromatic heterocycles. The summed E-state index contributed by atoms with van der Waals surface area (Å²) in [7, 11) is 1.62. The minimum Gasteiger partial charge on any atom is -0.497 e. The standard InChI is InChI=1S/C23H30N2O3S/c1-4-21(23(27)24-5-2)25(17-18-10-9-11-19(16-18)28-3)22(26)14-15-29-20-12-7-6-8-13-20/h6-13,16,21H,4-5,14-15,17H2,1-3H3,(H,24,27)/t21-/m0/s1. The molecule has 2 rings (SSSR count). The first kappa shape index (κ1) is 22.8. The number of rotatable bonds is 11. The molecular weight excluding hydrogens is 384 g/mol. The van der Waals surface area contributed by atoms with E-state index in [0.29, 0.717) is 31.7 Å². The summed E-state index contributed by atoms with van der Waals surface area (Å²) in [4.78, 5) is 28.5. The van der Waals surface area contributed by atoms with E-state index in [1.54, 1.807) is 23.8 Å². The topological polar surface area (TPSA) is 58.6 Å². The number of nitrogens with zero attached hydrogens (tertiary/aromatic N) is 1. The summed E-state index contributed by atoms with van der Waals surface area (Å²) in [6.07, 6.45) is 0.937. The van der Waals surface area contributed by atoms with Gasteiger partial charge in [0, 0.05) is 30.2 Å². The second-order valence-corrected chi connectivity index (χ2v) is 7.77. The van der Waals surface area contributed by atoms with Crippen LogP contribution in [0.25, 0.3) is 0 Å². The molecule has 1 N–H and O–H groups in total. The Bertz CT molecular complexity index is 783. The molecule has 0 saturated carbocycles. The van der Waals surface area contributed by atoms with Crippen LogP contribution in [0, 0.1) is 0 Å². The monoisotopic (exact) mass is 414 g/mol. The fourth-order valence-electron chi connectivity index (χ4n) is 3.10. The van der Waals surface area contributed by atoms with Crippen molar-refractivity contribution in [2.24, 2.45) is 0 Å². The van der Waals surface area contributed by atoms with E-state index in [4.69, 9.17) is 4.74 Å². The van der Waals surface area contributed by atoms with Crippen LogP contribution in [0.2, 0.25) is 0 Å². The Morgan fingerprint density at radius 3 is 2.52 bits per heavy atom. The highest BCUT2D eigenvalue weighted by atomic mass is 32.2. The van der Waals surface area contributed by atoms with E-state index in [2.05, 4.69) is 5.32 Å². The van der Waals surface area contributed by atoms with E-state index < -0.39 is 6.04 Å². The van der Waals surface area contributed by atoms with Crippen molar-refractivity contribution in [1.29, 1.82) is 0 Å². The molecule has 0 bridgehead atoms. The van der Waals surface area contributed by atoms with Crippen molar-refractivity contribution in [3.8, 4) is 5.75 Å². The summed E-state index contributed by atoms with van der Waals surface area (Å²) in [6, 6.07) is 17.2. The van der Waals surface area contributed by atoms with Gasteiger partial charge in [-0.2, -0.15) is 0 Å². The largest absolute Gasteiger partial charge is 0.497 e. The van der Waals surface area contributed by atoms with E-state index in [9.17, 15) is 9.59 Å². The van der Waals surface area contributed by atoms with Crippen LogP contribution in [0.15, 0.2) is 59.5 Å². The Morgan fingerprint density at radius 2 is 1.86 bits per heavy atom. The van der Waals surface area contributed by atoms with E-state index in [-0.39, 0.29) is 11.8 Å². The van der Waals surface area contributed by atoms with Crippen molar-refractivity contribution in [3.05, 3.63) is 60.2 Å². The fourth-order valence-corrected chi connectivity index (χ4v) is 3.96. The van der Waals surface area contributed by atoms with Crippen molar-refractivity contribution in [2.45, 2.75) is 44.2 Å². The molecule has 2 aromatic rings. The van der Waals surface area contributed by atoms with Crippen LogP contribution in [0.4, 0.5) is 0 Å². The number of hydrogen-bond acceptors (Lipinski definition) is 4. The molecule has 0 heterocycles. The summed E-state index contributed by atoms with van der Waals surface area (Å²) in [5, 5.41) is 2.86. The van der Waals surface area contributed by atoms with Gasteiger partial charge < -0.3 is 15.0 Å². The summed E-state index contributed by atoms with van der Waals surface area (Å²) in [6.45, 7) is 4.74. The molecule has 0 aliphatic carbocycles. The number of thioether (sulfide) groups is 1. The zero-order valence-electron chi connectivity index (χ0n) is 17.4. The van der Waals surface area contributed by atoms with Crippen molar-refractivity contribution >= 4 is 23.6 Å². The van der Waals surface area contributed by atoms with Gasteiger partial charge in [0.15, 0.2) is 0 Å². The van der Waals surface area contributed by atoms with E-state index in [1.807, 2.05) is 68.4 Å². The van der Waals surface area contributed by atoms with Gasteiger partial charge in [-0.1, -0.05) is 37.3 Å². The van der Waals surface area contributed by atoms with E-state index in [0.717, 1.165) is 16.2 Å². The van der Waals surface area contributed by atoms with E-state index >= 15 is 0 Å². The van der Waals surface area contributed by atoms with Gasteiger partial charge in [0.2, 0.25) is 11.8 Å². The predicted octanol–water partition coefficient (Wildman–Crippen LogP) is 4.12. The molecule has 2 aromatic carbocycles. The maximum atomic E-state index is 13.1. The summed E-state index contributed by atoms with van der Waals surface area (Å²) >= 11 is 1.65. The molecule has 0 saturated heterocycles. The van der Waals surface area contributed by atoms with Crippen LogP contribution in [-0.2, 0) is 16.1 Å². The quantitative estimate of drug-likeness (QED) is 0.562. The SMILES string of the molecule is CCNC(=O)[C@H](CC)N(Cc1cccc(OC)c1)C(=O)CCSc1ccccc1. The normalized spacial score (nSPS) is 11.6. The Morgan fingerprint density at radius 1 is 1.10 bits per heavy atom. The molecule has 0 fully saturated rings. The molecule has 29 heavy (non-hydrogen) atoms. The van der Waals surface area contributed by atoms with Crippen LogP contribution in [0.5, 0.6) is 5.75 Å². The second kappa shape index (κ2) is 12.2. The number of hydrogen-bond donors (Lipinski definition) is 1. The van der Waals surface area contributed by atoms with Gasteiger partial charge in [-0.25, -0.2) is 0 Å². The van der Waals surface area contributed by atoms with Gasteiger partial charge in [0.25, 0.3) is 0 Å². The minimum absolute atomic E-state index is 0.0191. The lowest BCUT2D eigenvalue weighted by Crippen LogP contribution is -2.49. The first-order valence-electron chi connectivity index (χ1n) is 9.97. The van der Waals surface area contributed by atoms with Crippen LogP contribution in [-0.4, -0.2) is 42.2 Å². The number of ether oxygens (including phenoxy) is 1. The molecule has 156 valence electrons. The molecule has 2 amide bonds. The third-order valence-electron chi connectivity index (χ3n) is 4.55. The zero-order valence-corrected chi connectivity index (χ0v) is 18.2. The maximum Gasteiger partial charge on any atom is 0.242 e. The maximum absolute atomic E-state index is 13.1. The molecule has 0 radical (unpaired) electrons. The van der Waals surface area contributed by atoms with Crippen molar-refractivity contribution < 1.29 is 14.3 Å². The average Bonchev–Trinajstić information content (AvgIpc) is 2.74. The fraction of sp³-hybridized carbons (Fsp3) is 0.391. The van der Waals surface area contributed by atoms with Crippen LogP contribution >= 0.6 is 11.8 Å². The molecule has 1 atom stereocenters. The lowest BCUT2D eigenvalue weighted by Gasteiger charge is -2.30. The van der Waals surface area contributed by atoms with Crippen molar-refractivity contribution in [3.63, 3.8) is 0 Å². The first-order chi connectivity index (χ1) is 14.1. The summed E-state index contributed by atoms with van der Waals surface area (Å²) in [5.41, 5.74) is 0.941. The highest BCUT2D eigenvalue weighted by Gasteiger charge is 2.28. The smallest absolute Gasteiger partial charge is 0.242 e. The molecule has 0 spiro atoms. The lowest BCUT2D eigenvalue weighted by atomic mass is 10.1. The summed E-state index contributed by atoms with van der Waals surface area (Å²) < 4.78 is 5.30. The average molecular weight is 415 g/mol. The number of carbonyl (C=O) groups is 2. The molecule has 0 aliphatic heterocycles. The Balaban J connectivity index is 2.13. The van der Waals surface area contributed by atoms with E-state index in [1.165, 1.54) is 0 Å². The Hall–Kier alpha value is -2.47. The van der Waals surface area contributed by atoms with Gasteiger partial charge in [-0.05, 0) is 43.2 Å². The second-order valence-electron chi connectivity index (χ2n) is 6.60. The van der Waals surface area contributed by atoms with Gasteiger partial charge in [0.05, 0.1) is 7.11 Å². The van der Waals surface area contributed by atoms with Crippen molar-refractivity contribution in [1.82, 2.24) is 10.2 Å². The van der Waals surface area contributed by atoms with Gasteiger partial charge >= 0.3 is 0 Å². The number of likely N-dealkylation sites (N-methyl/N-ethyl adjacent to an activating group) is 1. The minimum atomic E-state index is -0.490. The Labute approximate surface area is 177 Å². The highest BCUT2D eigenvalue weighted by Crippen LogP contribution is 2.21. The number of carbonyl (C=O) groups excluding carboxylic acids is 2. The van der Waals surface area contributed by atoms with Crippen LogP contribution < -0.4 is 10.1 Å². The third-order valence-corrected chi connectivity index (χ3v) is 5.57. The van der Waals surface area contributed by atoms with Crippen LogP contribution in [0.3, 0.4) is 0 Å². The molecular formula is C23H30N2O3S. The Kier molecular flexibility index (Phi) is 9.57. The molecule has 5 nitrogen and oxygen atoms in total. The van der Waals surface area contributed by atoms with Gasteiger partial charge in [-0.3, -0.25) is 9.59 Å². The lowest BCUT2D eigenvalue weighted by molar-refractivity contribution is -0.141. The molecule has 0 aliphatic rings. The van der Waals surface area contributed by atoms with Gasteiger partial charge in [-0.15, -0.1) is 11.8 Å². The predicted molar refractivity (Wildman–Crippen MR) is 118 cm³/mol. The van der Waals surface area contributed by atoms with Gasteiger partial charge in [0.1, 0.15) is 11.8 Å². The molecule has 0 unspecified atom stereocenters. The van der Waals surface area contributed by atoms with Crippen LogP contribution in [0.1, 0.15) is 32.3 Å². The number of methoxy groups -OCH3 is 1. The zero-order chi connectivity index (χ0) is 21.1. The highest BCUT2D eigenvalue weighted by molar-refractivity contribution is 7.99. The molecule has 6 heteroatoms. The third kappa shape index (κ3) is 7.13. The van der Waals surface area contributed by atoms with Crippen molar-refractivity contribution in [2.75, 3.05) is 19.4 Å². The first-order valence-corrected chi connectivity index (χ1v) is 11.0.